The second-order valence-corrected chi connectivity index (χ2v) is 4.37. The van der Waals surface area contributed by atoms with Crippen LogP contribution in [0.1, 0.15) is 39.0 Å². The lowest BCUT2D eigenvalue weighted by Crippen LogP contribution is -2.12. The Kier molecular flexibility index (Phi) is 6.76. The molecule has 1 atom stereocenters. The summed E-state index contributed by atoms with van der Waals surface area (Å²) >= 11 is 0. The fourth-order valence-corrected chi connectivity index (χ4v) is 1.95. The minimum absolute atomic E-state index is 0.256. The van der Waals surface area contributed by atoms with Crippen LogP contribution in [0.2, 0.25) is 0 Å². The summed E-state index contributed by atoms with van der Waals surface area (Å²) in [4.78, 5) is 18.7. The van der Waals surface area contributed by atoms with Crippen LogP contribution in [0, 0.1) is 5.92 Å². The zero-order valence-electron chi connectivity index (χ0n) is 10.8. The molecule has 0 aliphatic carbocycles. The molecule has 0 fully saturated rings. The van der Waals surface area contributed by atoms with Gasteiger partial charge >= 0.3 is 5.97 Å². The van der Waals surface area contributed by atoms with Crippen molar-refractivity contribution in [3.05, 3.63) is 18.5 Å². The summed E-state index contributed by atoms with van der Waals surface area (Å²) < 4.78 is 0. The van der Waals surface area contributed by atoms with E-state index in [0.29, 0.717) is 11.9 Å². The highest BCUT2D eigenvalue weighted by atomic mass is 16.4. The molecule has 1 rings (SSSR count). The number of carbonyl (C=O) groups is 1. The number of hydrogen-bond donors (Lipinski definition) is 2. The van der Waals surface area contributed by atoms with E-state index in [1.807, 2.05) is 0 Å². The molecule has 0 spiro atoms. The van der Waals surface area contributed by atoms with Gasteiger partial charge in [0.2, 0.25) is 5.95 Å². The summed E-state index contributed by atoms with van der Waals surface area (Å²) in [5.41, 5.74) is 0. The molecule has 5 heteroatoms. The molecule has 1 aromatic heterocycles. The van der Waals surface area contributed by atoms with E-state index in [4.69, 9.17) is 5.11 Å². The number of aromatic nitrogens is 2. The van der Waals surface area contributed by atoms with Gasteiger partial charge in [0.05, 0.1) is 0 Å². The molecular weight excluding hydrogens is 230 g/mol. The van der Waals surface area contributed by atoms with Crippen LogP contribution in [0.4, 0.5) is 5.95 Å². The van der Waals surface area contributed by atoms with Gasteiger partial charge in [-0.2, -0.15) is 0 Å². The van der Waals surface area contributed by atoms with Gasteiger partial charge in [-0.1, -0.05) is 19.8 Å². The van der Waals surface area contributed by atoms with Gasteiger partial charge in [-0.05, 0) is 24.8 Å². The third kappa shape index (κ3) is 6.18. The molecule has 0 saturated heterocycles. The average Bonchev–Trinajstić information content (AvgIpc) is 2.37. The van der Waals surface area contributed by atoms with Crippen molar-refractivity contribution in [2.24, 2.45) is 5.92 Å². The number of nitrogens with zero attached hydrogens (tertiary/aromatic N) is 2. The number of rotatable bonds is 9. The van der Waals surface area contributed by atoms with E-state index >= 15 is 0 Å². The summed E-state index contributed by atoms with van der Waals surface area (Å²) in [6, 6.07) is 1.78. The maximum atomic E-state index is 10.6. The summed E-state index contributed by atoms with van der Waals surface area (Å²) in [5, 5.41) is 11.8. The van der Waals surface area contributed by atoms with Crippen LogP contribution < -0.4 is 5.32 Å². The molecule has 2 N–H and O–H groups in total. The highest BCUT2D eigenvalue weighted by Crippen LogP contribution is 2.17. The average molecular weight is 251 g/mol. The van der Waals surface area contributed by atoms with Crippen molar-refractivity contribution in [3.63, 3.8) is 0 Å². The zero-order chi connectivity index (χ0) is 13.2. The van der Waals surface area contributed by atoms with Gasteiger partial charge in [-0.25, -0.2) is 9.97 Å². The van der Waals surface area contributed by atoms with Gasteiger partial charge in [0.1, 0.15) is 0 Å². The lowest BCUT2D eigenvalue weighted by atomic mass is 9.94. The molecule has 0 saturated carbocycles. The predicted octanol–water partition coefficient (Wildman–Crippen LogP) is 2.56. The van der Waals surface area contributed by atoms with E-state index < -0.39 is 5.97 Å². The minimum Gasteiger partial charge on any atom is -0.481 e. The maximum Gasteiger partial charge on any atom is 0.303 e. The van der Waals surface area contributed by atoms with Crippen molar-refractivity contribution in [2.45, 2.75) is 39.0 Å². The van der Waals surface area contributed by atoms with Crippen molar-refractivity contribution in [1.29, 1.82) is 0 Å². The van der Waals surface area contributed by atoms with E-state index in [-0.39, 0.29) is 6.42 Å². The quantitative estimate of drug-likeness (QED) is 0.705. The van der Waals surface area contributed by atoms with Crippen LogP contribution in [0.5, 0.6) is 0 Å². The Balaban J connectivity index is 2.26. The SMILES string of the molecule is CCCC(CCNc1ncccn1)CCC(=O)O. The highest BCUT2D eigenvalue weighted by molar-refractivity contribution is 5.66. The first-order chi connectivity index (χ1) is 8.72. The monoisotopic (exact) mass is 251 g/mol. The first kappa shape index (κ1) is 14.4. The fourth-order valence-electron chi connectivity index (χ4n) is 1.95. The topological polar surface area (TPSA) is 75.1 Å². The van der Waals surface area contributed by atoms with Gasteiger partial charge in [0.25, 0.3) is 0 Å². The summed E-state index contributed by atoms with van der Waals surface area (Å²) in [6.07, 6.45) is 7.52. The van der Waals surface area contributed by atoms with E-state index in [0.717, 1.165) is 32.2 Å². The number of carboxylic acid groups (broad SMARTS) is 1. The molecule has 0 amide bonds. The summed E-state index contributed by atoms with van der Waals surface area (Å²) in [5.74, 6) is 0.378. The molecule has 0 aromatic carbocycles. The fraction of sp³-hybridized carbons (Fsp3) is 0.615. The van der Waals surface area contributed by atoms with E-state index in [1.54, 1.807) is 18.5 Å². The largest absolute Gasteiger partial charge is 0.481 e. The van der Waals surface area contributed by atoms with Crippen molar-refractivity contribution < 1.29 is 9.90 Å². The van der Waals surface area contributed by atoms with Crippen molar-refractivity contribution >= 4 is 11.9 Å². The lowest BCUT2D eigenvalue weighted by Gasteiger charge is -2.15. The van der Waals surface area contributed by atoms with Crippen LogP contribution in [0.3, 0.4) is 0 Å². The third-order valence-electron chi connectivity index (χ3n) is 2.86. The molecule has 0 radical (unpaired) electrons. The van der Waals surface area contributed by atoms with Gasteiger partial charge in [0.15, 0.2) is 0 Å². The van der Waals surface area contributed by atoms with Crippen LogP contribution in [-0.4, -0.2) is 27.6 Å². The second kappa shape index (κ2) is 8.44. The Morgan fingerprint density at radius 1 is 1.33 bits per heavy atom. The molecule has 18 heavy (non-hydrogen) atoms. The Morgan fingerprint density at radius 3 is 2.67 bits per heavy atom. The Morgan fingerprint density at radius 2 is 2.06 bits per heavy atom. The molecule has 0 aliphatic heterocycles. The summed E-state index contributed by atoms with van der Waals surface area (Å²) in [6.45, 7) is 2.91. The van der Waals surface area contributed by atoms with Gasteiger partial charge in [-0.3, -0.25) is 4.79 Å². The van der Waals surface area contributed by atoms with Crippen LogP contribution in [-0.2, 0) is 4.79 Å². The highest BCUT2D eigenvalue weighted by Gasteiger charge is 2.10. The van der Waals surface area contributed by atoms with Crippen LogP contribution in [0.25, 0.3) is 0 Å². The van der Waals surface area contributed by atoms with Crippen molar-refractivity contribution in [2.75, 3.05) is 11.9 Å². The minimum atomic E-state index is -0.713. The van der Waals surface area contributed by atoms with E-state index in [1.165, 1.54) is 0 Å². The van der Waals surface area contributed by atoms with E-state index in [2.05, 4.69) is 22.2 Å². The Hall–Kier alpha value is -1.65. The maximum absolute atomic E-state index is 10.6. The van der Waals surface area contributed by atoms with Crippen molar-refractivity contribution in [3.8, 4) is 0 Å². The zero-order valence-corrected chi connectivity index (χ0v) is 10.8. The lowest BCUT2D eigenvalue weighted by molar-refractivity contribution is -0.137. The van der Waals surface area contributed by atoms with Gasteiger partial charge in [-0.15, -0.1) is 0 Å². The second-order valence-electron chi connectivity index (χ2n) is 4.37. The number of hydrogen-bond acceptors (Lipinski definition) is 4. The van der Waals surface area contributed by atoms with Crippen LogP contribution in [0.15, 0.2) is 18.5 Å². The molecule has 1 heterocycles. The number of nitrogens with one attached hydrogen (secondary N) is 1. The molecular formula is C13H21N3O2. The number of carboxylic acids is 1. The Bertz CT molecular complexity index is 343. The Labute approximate surface area is 108 Å². The van der Waals surface area contributed by atoms with Crippen LogP contribution >= 0.6 is 0 Å². The van der Waals surface area contributed by atoms with E-state index in [9.17, 15) is 4.79 Å². The predicted molar refractivity (Wildman–Crippen MR) is 70.4 cm³/mol. The molecule has 5 nitrogen and oxygen atoms in total. The molecule has 1 aromatic rings. The molecule has 0 bridgehead atoms. The van der Waals surface area contributed by atoms with Gasteiger partial charge in [0, 0.05) is 25.4 Å². The third-order valence-corrected chi connectivity index (χ3v) is 2.86. The smallest absolute Gasteiger partial charge is 0.303 e. The normalized spacial score (nSPS) is 12.1. The molecule has 1 unspecified atom stereocenters. The molecule has 0 aliphatic rings. The first-order valence-electron chi connectivity index (χ1n) is 6.45. The van der Waals surface area contributed by atoms with Gasteiger partial charge < -0.3 is 10.4 Å². The first-order valence-corrected chi connectivity index (χ1v) is 6.45. The number of anilines is 1. The molecule has 100 valence electrons. The van der Waals surface area contributed by atoms with Crippen molar-refractivity contribution in [1.82, 2.24) is 9.97 Å². The number of aliphatic carboxylic acids is 1. The standard InChI is InChI=1S/C13H21N3O2/c1-2-4-11(5-6-12(17)18)7-10-16-13-14-8-3-9-15-13/h3,8-9,11H,2,4-7,10H2,1H3,(H,17,18)(H,14,15,16). The summed E-state index contributed by atoms with van der Waals surface area (Å²) in [7, 11) is 0.